The Hall–Kier alpha value is -2.78. The maximum atomic E-state index is 15.7. The fraction of sp³-hybridized carbons (Fsp3) is 0.536. The van der Waals surface area contributed by atoms with Gasteiger partial charge in [0.15, 0.2) is 5.75 Å². The summed E-state index contributed by atoms with van der Waals surface area (Å²) in [6.45, 7) is 9.04. The Balaban J connectivity index is 1.67. The van der Waals surface area contributed by atoms with Crippen LogP contribution in [0.25, 0.3) is 0 Å². The number of nitrogens with one attached hydrogen (secondary N) is 1. The molecule has 6 nitrogen and oxygen atoms in total. The van der Waals surface area contributed by atoms with E-state index in [-0.39, 0.29) is 42.5 Å². The van der Waals surface area contributed by atoms with Crippen LogP contribution in [0.15, 0.2) is 24.3 Å². The summed E-state index contributed by atoms with van der Waals surface area (Å²) >= 11 is 0. The Morgan fingerprint density at radius 2 is 1.89 bits per heavy atom. The number of nitrogens with zero attached hydrogens (tertiary/aromatic N) is 2. The molecule has 0 bridgehead atoms. The molecule has 2 aromatic rings. The van der Waals surface area contributed by atoms with Gasteiger partial charge in [0.25, 0.3) is 6.47 Å². The average Bonchev–Trinajstić information content (AvgIpc) is 2.82. The predicted octanol–water partition coefficient (Wildman–Crippen LogP) is 4.81. The zero-order chi connectivity index (χ0) is 26.7. The number of benzene rings is 2. The molecule has 0 saturated carbocycles. The molecule has 2 heterocycles. The van der Waals surface area contributed by atoms with E-state index in [2.05, 4.69) is 24.1 Å². The molecular weight excluding hydrogens is 483 g/mol. The lowest BCUT2D eigenvalue weighted by Gasteiger charge is -2.43. The van der Waals surface area contributed by atoms with Crippen molar-refractivity contribution in [3.05, 3.63) is 52.6 Å². The number of likely N-dealkylation sites (tertiary alicyclic amines) is 1. The molecular formula is C28H36F3N3O3. The molecule has 1 N–H and O–H groups in total. The lowest BCUT2D eigenvalue weighted by Crippen LogP contribution is -2.49. The average molecular weight is 520 g/mol. The summed E-state index contributed by atoms with van der Waals surface area (Å²) in [6.07, 6.45) is 0.571. The maximum absolute atomic E-state index is 15.7. The van der Waals surface area contributed by atoms with Crippen LogP contribution in [0.4, 0.5) is 18.9 Å². The summed E-state index contributed by atoms with van der Waals surface area (Å²) in [5.41, 5.74) is 2.06. The molecule has 0 radical (unpaired) electrons. The van der Waals surface area contributed by atoms with E-state index in [0.29, 0.717) is 56.1 Å². The Labute approximate surface area is 216 Å². The summed E-state index contributed by atoms with van der Waals surface area (Å²) in [4.78, 5) is 15.5. The second-order valence-electron chi connectivity index (χ2n) is 10.4. The van der Waals surface area contributed by atoms with E-state index < -0.39 is 17.7 Å². The molecule has 2 aliphatic rings. The molecule has 0 aromatic heterocycles. The Morgan fingerprint density at radius 3 is 2.49 bits per heavy atom. The van der Waals surface area contributed by atoms with Gasteiger partial charge in [0.1, 0.15) is 24.0 Å². The summed E-state index contributed by atoms with van der Waals surface area (Å²) < 4.78 is 55.0. The summed E-state index contributed by atoms with van der Waals surface area (Å²) in [5, 5.41) is 3.03. The maximum Gasteiger partial charge on any atom is 0.298 e. The highest BCUT2D eigenvalue weighted by atomic mass is 19.1. The number of ether oxygens (including phenoxy) is 2. The first kappa shape index (κ1) is 27.3. The first-order valence-electron chi connectivity index (χ1n) is 12.9. The second kappa shape index (κ2) is 11.7. The number of carbonyl (C=O) groups is 1. The van der Waals surface area contributed by atoms with Gasteiger partial charge in [-0.25, -0.2) is 8.78 Å². The lowest BCUT2D eigenvalue weighted by molar-refractivity contribution is -0.120. The van der Waals surface area contributed by atoms with Gasteiger partial charge in [-0.1, -0.05) is 19.9 Å². The topological polar surface area (TPSA) is 54.0 Å². The number of halogens is 3. The van der Waals surface area contributed by atoms with Crippen LogP contribution >= 0.6 is 0 Å². The molecule has 1 saturated heterocycles. The summed E-state index contributed by atoms with van der Waals surface area (Å²) in [5.74, 6) is -0.530. The quantitative estimate of drug-likeness (QED) is 0.430. The van der Waals surface area contributed by atoms with Gasteiger partial charge in [-0.2, -0.15) is 0 Å². The van der Waals surface area contributed by atoms with Crippen LogP contribution in [0.1, 0.15) is 43.5 Å². The van der Waals surface area contributed by atoms with E-state index in [9.17, 15) is 9.18 Å². The number of rotatable bonds is 11. The van der Waals surface area contributed by atoms with Gasteiger partial charge in [0.2, 0.25) is 0 Å². The van der Waals surface area contributed by atoms with Gasteiger partial charge < -0.3 is 14.8 Å². The van der Waals surface area contributed by atoms with E-state index in [4.69, 9.17) is 9.47 Å². The Kier molecular flexibility index (Phi) is 8.64. The molecule has 0 unspecified atom stereocenters. The number of fused-ring (bicyclic) bond motifs is 1. The van der Waals surface area contributed by atoms with Crippen LogP contribution in [0.2, 0.25) is 0 Å². The number of hydrogen-bond acceptors (Lipinski definition) is 6. The van der Waals surface area contributed by atoms with Crippen LogP contribution in [0.3, 0.4) is 0 Å². The molecule has 2 aliphatic heterocycles. The van der Waals surface area contributed by atoms with E-state index in [0.717, 1.165) is 5.56 Å². The highest BCUT2D eigenvalue weighted by molar-refractivity contribution is 5.67. The van der Waals surface area contributed by atoms with Gasteiger partial charge in [-0.3, -0.25) is 19.0 Å². The van der Waals surface area contributed by atoms with Crippen LogP contribution in [0.5, 0.6) is 11.5 Å². The van der Waals surface area contributed by atoms with E-state index in [1.807, 2.05) is 17.9 Å². The second-order valence-corrected chi connectivity index (χ2v) is 10.4. The molecule has 37 heavy (non-hydrogen) atoms. The van der Waals surface area contributed by atoms with Crippen molar-refractivity contribution < 1.29 is 27.4 Å². The summed E-state index contributed by atoms with van der Waals surface area (Å²) in [7, 11) is 1.73. The minimum absolute atomic E-state index is 0.0522. The molecule has 0 spiro atoms. The van der Waals surface area contributed by atoms with Crippen LogP contribution in [0, 0.1) is 23.5 Å². The third-order valence-electron chi connectivity index (χ3n) is 7.25. The van der Waals surface area contributed by atoms with Crippen LogP contribution < -0.4 is 14.8 Å². The fourth-order valence-corrected chi connectivity index (χ4v) is 5.52. The fourth-order valence-electron chi connectivity index (χ4n) is 5.52. The third-order valence-corrected chi connectivity index (χ3v) is 7.25. The number of carbonyl (C=O) groups excluding carboxylic acids is 1. The van der Waals surface area contributed by atoms with Crippen molar-refractivity contribution in [2.75, 3.05) is 51.8 Å². The predicted molar refractivity (Wildman–Crippen MR) is 137 cm³/mol. The Bertz CT molecular complexity index is 1080. The largest absolute Gasteiger partial charge is 0.492 e. The monoisotopic (exact) mass is 519 g/mol. The van der Waals surface area contributed by atoms with E-state index in [1.165, 1.54) is 12.1 Å². The molecule has 2 atom stereocenters. The third kappa shape index (κ3) is 5.72. The van der Waals surface area contributed by atoms with Gasteiger partial charge in [0, 0.05) is 68.4 Å². The minimum Gasteiger partial charge on any atom is -0.492 e. The molecule has 9 heteroatoms. The molecule has 1 fully saturated rings. The van der Waals surface area contributed by atoms with Crippen molar-refractivity contribution in [2.45, 2.75) is 39.3 Å². The first-order valence-corrected chi connectivity index (χ1v) is 12.9. The van der Waals surface area contributed by atoms with Gasteiger partial charge in [-0.05, 0) is 30.9 Å². The van der Waals surface area contributed by atoms with Crippen molar-refractivity contribution >= 4 is 12.2 Å². The standard InChI is InChI=1S/C28H36F3N3O3/c1-17(2)13-34-18(3)9-22-21(5-6-25(32-4)28(22)37-16-35)27(34)26-23(30)10-20(11-24(26)31)36-8-7-33-14-19(12-29)15-33/h5-6,10-11,16-19,27,32H,7-9,12-15H2,1-4H3/t18-,27+/m1/s1. The van der Waals surface area contributed by atoms with Gasteiger partial charge >= 0.3 is 0 Å². The highest BCUT2D eigenvalue weighted by Gasteiger charge is 2.39. The van der Waals surface area contributed by atoms with E-state index in [1.54, 1.807) is 13.1 Å². The van der Waals surface area contributed by atoms with Crippen molar-refractivity contribution in [3.8, 4) is 11.5 Å². The smallest absolute Gasteiger partial charge is 0.298 e. The van der Waals surface area contributed by atoms with Crippen molar-refractivity contribution in [1.29, 1.82) is 0 Å². The van der Waals surface area contributed by atoms with E-state index >= 15 is 8.78 Å². The Morgan fingerprint density at radius 1 is 1.19 bits per heavy atom. The highest BCUT2D eigenvalue weighted by Crippen LogP contribution is 2.46. The van der Waals surface area contributed by atoms with Crippen LogP contribution in [-0.4, -0.2) is 68.8 Å². The normalized spacial score (nSPS) is 20.4. The molecule has 202 valence electrons. The van der Waals surface area contributed by atoms with Crippen LogP contribution in [-0.2, 0) is 11.2 Å². The first-order chi connectivity index (χ1) is 17.8. The number of anilines is 1. The summed E-state index contributed by atoms with van der Waals surface area (Å²) in [6, 6.07) is 5.33. The van der Waals surface area contributed by atoms with Crippen molar-refractivity contribution in [3.63, 3.8) is 0 Å². The lowest BCUT2D eigenvalue weighted by atomic mass is 9.83. The molecule has 4 rings (SSSR count). The van der Waals surface area contributed by atoms with Gasteiger partial charge in [-0.15, -0.1) is 0 Å². The zero-order valence-corrected chi connectivity index (χ0v) is 21.9. The zero-order valence-electron chi connectivity index (χ0n) is 21.9. The minimum atomic E-state index is -0.700. The SMILES string of the molecule is CNc1ccc2c(c1OC=O)C[C@@H](C)N(CC(C)C)[C@@H]2c1c(F)cc(OCCN2CC(CF)C2)cc1F. The number of hydrogen-bond donors (Lipinski definition) is 1. The van der Waals surface area contributed by atoms with Gasteiger partial charge in [0.05, 0.1) is 18.4 Å². The number of alkyl halides is 1. The molecule has 2 aromatic carbocycles. The molecule has 0 amide bonds. The van der Waals surface area contributed by atoms with Crippen molar-refractivity contribution in [1.82, 2.24) is 9.80 Å². The molecule has 0 aliphatic carbocycles. The van der Waals surface area contributed by atoms with Crippen molar-refractivity contribution in [2.24, 2.45) is 11.8 Å².